The predicted molar refractivity (Wildman–Crippen MR) is 198 cm³/mol. The molecule has 3 heterocycles. The van der Waals surface area contributed by atoms with E-state index in [9.17, 15) is 19.5 Å². The smallest absolute Gasteiger partial charge is 0.306 e. The molecule has 0 aliphatic carbocycles. The van der Waals surface area contributed by atoms with E-state index in [-0.39, 0.29) is 23.6 Å². The molecule has 14 nitrogen and oxygen atoms in total. The molecule has 54 heavy (non-hydrogen) atoms. The minimum atomic E-state index is -1.19. The predicted octanol–water partition coefficient (Wildman–Crippen LogP) is 5.08. The van der Waals surface area contributed by atoms with Crippen molar-refractivity contribution in [1.82, 2.24) is 9.88 Å². The summed E-state index contributed by atoms with van der Waals surface area (Å²) in [6, 6.07) is 15.0. The Morgan fingerprint density at radius 1 is 0.852 bits per heavy atom. The number of pyridine rings is 1. The molecule has 284 valence electrons. The lowest BCUT2D eigenvalue weighted by Crippen LogP contribution is -2.36. The van der Waals surface area contributed by atoms with Gasteiger partial charge in [-0.25, -0.2) is 0 Å². The van der Waals surface area contributed by atoms with Crippen LogP contribution in [0.2, 0.25) is 0 Å². The summed E-state index contributed by atoms with van der Waals surface area (Å²) in [5.74, 6) is 0.314. The summed E-state index contributed by atoms with van der Waals surface area (Å²) in [4.78, 5) is 44.7. The average molecular weight is 743 g/mol. The van der Waals surface area contributed by atoms with Crippen LogP contribution >= 0.6 is 0 Å². The minimum absolute atomic E-state index is 0.0772. The number of aromatic hydroxyl groups is 1. The fourth-order valence-corrected chi connectivity index (χ4v) is 7.07. The largest absolute Gasteiger partial charge is 0.502 e. The van der Waals surface area contributed by atoms with E-state index in [0.717, 1.165) is 16.7 Å². The number of esters is 1. The molecule has 0 amide bonds. The third-order valence-electron chi connectivity index (χ3n) is 9.71. The van der Waals surface area contributed by atoms with Crippen LogP contribution in [0.25, 0.3) is 10.9 Å². The average Bonchev–Trinajstić information content (AvgIpc) is 3.19. The third-order valence-corrected chi connectivity index (χ3v) is 9.71. The van der Waals surface area contributed by atoms with Crippen LogP contribution in [0.3, 0.4) is 0 Å². The molecule has 0 radical (unpaired) electrons. The molecule has 2 N–H and O–H groups in total. The number of carbonyl (C=O) groups excluding carboxylic acids is 1. The van der Waals surface area contributed by atoms with Crippen molar-refractivity contribution in [3.63, 3.8) is 0 Å². The molecular formula is C40H42N2O12. The summed E-state index contributed by atoms with van der Waals surface area (Å²) in [6.45, 7) is 0.579. The van der Waals surface area contributed by atoms with Gasteiger partial charge in [0.05, 0.1) is 74.7 Å². The number of H-pyrrole nitrogens is 1. The number of aromatic amines is 1. The molecule has 0 fully saturated rings. The first-order valence-electron chi connectivity index (χ1n) is 17.0. The molecule has 6 rings (SSSR count). The Bertz CT molecular complexity index is 2290. The lowest BCUT2D eigenvalue weighted by Gasteiger charge is -2.38. The van der Waals surface area contributed by atoms with Crippen molar-refractivity contribution < 1.29 is 47.5 Å². The van der Waals surface area contributed by atoms with E-state index in [1.807, 2.05) is 24.3 Å². The van der Waals surface area contributed by atoms with Gasteiger partial charge in [-0.1, -0.05) is 0 Å². The van der Waals surface area contributed by atoms with E-state index in [1.165, 1.54) is 41.6 Å². The lowest BCUT2D eigenvalue weighted by molar-refractivity contribution is -0.140. The molecule has 1 aliphatic heterocycles. The molecule has 0 unspecified atom stereocenters. The van der Waals surface area contributed by atoms with Gasteiger partial charge in [-0.2, -0.15) is 0 Å². The van der Waals surface area contributed by atoms with Crippen molar-refractivity contribution in [2.75, 3.05) is 56.3 Å². The van der Waals surface area contributed by atoms with Gasteiger partial charge in [0.2, 0.25) is 16.9 Å². The van der Waals surface area contributed by atoms with E-state index >= 15 is 0 Å². The van der Waals surface area contributed by atoms with Gasteiger partial charge in [0, 0.05) is 29.1 Å². The van der Waals surface area contributed by atoms with Crippen LogP contribution in [0, 0.1) is 0 Å². The van der Waals surface area contributed by atoms with Crippen molar-refractivity contribution in [2.24, 2.45) is 0 Å². The minimum Gasteiger partial charge on any atom is -0.502 e. The van der Waals surface area contributed by atoms with Crippen LogP contribution < -0.4 is 39.4 Å². The van der Waals surface area contributed by atoms with Crippen LogP contribution in [0.15, 0.2) is 68.6 Å². The molecule has 2 atom stereocenters. The molecule has 1 aliphatic rings. The standard InChI is InChI=1S/C40H42N2O12/c1-47-24-8-9-29-22(12-24)13-28(40(46)41-29)27(19-35(44)52-6)38-37(45)30(43)17-25(54-38)20-42-11-10-21-14-31(48-2)32(49-3)18-26(21)36(42)23-15-33(50-4)39(53-7)34(16-23)51-5/h8-9,12-18,27,36,45H,10-11,19-20H2,1-7H3,(H,41,46)/t27-,36+/m1/s1. The van der Waals surface area contributed by atoms with Gasteiger partial charge < -0.3 is 47.7 Å². The van der Waals surface area contributed by atoms with Gasteiger partial charge in [0.15, 0.2) is 28.8 Å². The number of methoxy groups -OCH3 is 7. The zero-order valence-corrected chi connectivity index (χ0v) is 31.1. The maximum atomic E-state index is 13.5. The number of carbonyl (C=O) groups is 1. The monoisotopic (exact) mass is 742 g/mol. The number of nitrogens with one attached hydrogen (secondary N) is 1. The van der Waals surface area contributed by atoms with Crippen molar-refractivity contribution in [1.29, 1.82) is 0 Å². The first-order valence-corrected chi connectivity index (χ1v) is 17.0. The van der Waals surface area contributed by atoms with E-state index in [2.05, 4.69) is 9.88 Å². The van der Waals surface area contributed by atoms with Crippen LogP contribution in [-0.2, 0) is 22.5 Å². The lowest BCUT2D eigenvalue weighted by atomic mass is 9.87. The molecule has 0 bridgehead atoms. The highest BCUT2D eigenvalue weighted by Gasteiger charge is 2.34. The van der Waals surface area contributed by atoms with Crippen LogP contribution in [-0.4, -0.2) is 77.3 Å². The van der Waals surface area contributed by atoms with E-state index in [4.69, 9.17) is 37.6 Å². The molecule has 0 saturated heterocycles. The van der Waals surface area contributed by atoms with Gasteiger partial charge in [0.25, 0.3) is 5.56 Å². The third kappa shape index (κ3) is 7.12. The molecular weight excluding hydrogens is 700 g/mol. The van der Waals surface area contributed by atoms with E-state index < -0.39 is 41.1 Å². The van der Waals surface area contributed by atoms with Crippen LogP contribution in [0.1, 0.15) is 52.2 Å². The highest BCUT2D eigenvalue weighted by Crippen LogP contribution is 2.46. The summed E-state index contributed by atoms with van der Waals surface area (Å²) >= 11 is 0. The number of benzene rings is 3. The zero-order valence-electron chi connectivity index (χ0n) is 31.1. The Kier molecular flexibility index (Phi) is 11.0. The number of hydrogen-bond acceptors (Lipinski definition) is 13. The summed E-state index contributed by atoms with van der Waals surface area (Å²) in [5.41, 5.74) is 2.03. The summed E-state index contributed by atoms with van der Waals surface area (Å²) < 4.78 is 45.0. The number of aromatic nitrogens is 1. The maximum Gasteiger partial charge on any atom is 0.306 e. The molecule has 3 aromatic carbocycles. The van der Waals surface area contributed by atoms with Crippen molar-refractivity contribution in [2.45, 2.75) is 31.3 Å². The maximum absolute atomic E-state index is 13.5. The van der Waals surface area contributed by atoms with Gasteiger partial charge in [-0.3, -0.25) is 19.3 Å². The highest BCUT2D eigenvalue weighted by atomic mass is 16.5. The van der Waals surface area contributed by atoms with E-state index in [1.54, 1.807) is 38.5 Å². The molecule has 2 aromatic heterocycles. The Hall–Kier alpha value is -6.15. The molecule has 5 aromatic rings. The second kappa shape index (κ2) is 15.8. The summed E-state index contributed by atoms with van der Waals surface area (Å²) in [6.07, 6.45) is 0.203. The second-order valence-corrected chi connectivity index (χ2v) is 12.6. The van der Waals surface area contributed by atoms with Gasteiger partial charge in [0.1, 0.15) is 11.5 Å². The quantitative estimate of drug-likeness (QED) is 0.153. The fourth-order valence-electron chi connectivity index (χ4n) is 7.07. The van der Waals surface area contributed by atoms with E-state index in [0.29, 0.717) is 58.4 Å². The number of hydrogen-bond donors (Lipinski definition) is 2. The zero-order chi connectivity index (χ0) is 38.7. The first-order chi connectivity index (χ1) is 26.1. The number of rotatable bonds is 13. The molecule has 0 spiro atoms. The van der Waals surface area contributed by atoms with Crippen LogP contribution in [0.4, 0.5) is 0 Å². The van der Waals surface area contributed by atoms with Crippen molar-refractivity contribution >= 4 is 16.9 Å². The number of ether oxygens (including phenoxy) is 7. The highest BCUT2D eigenvalue weighted by molar-refractivity contribution is 5.81. The Morgan fingerprint density at radius 3 is 2.17 bits per heavy atom. The normalized spacial score (nSPS) is 14.5. The molecule has 0 saturated carbocycles. The first kappa shape index (κ1) is 37.6. The summed E-state index contributed by atoms with van der Waals surface area (Å²) in [5, 5.41) is 11.8. The Labute approximate surface area is 310 Å². The number of nitrogens with zero attached hydrogens (tertiary/aromatic N) is 1. The Balaban J connectivity index is 1.50. The van der Waals surface area contributed by atoms with Crippen LogP contribution in [0.5, 0.6) is 40.2 Å². The second-order valence-electron chi connectivity index (χ2n) is 12.6. The molecule has 14 heteroatoms. The van der Waals surface area contributed by atoms with Gasteiger partial charge in [-0.05, 0) is 71.6 Å². The fraction of sp³-hybridized carbons (Fsp3) is 0.325. The van der Waals surface area contributed by atoms with Crippen molar-refractivity contribution in [3.8, 4) is 40.2 Å². The SMILES string of the molecule is COC(=O)C[C@@H](c1oc(CN2CCc3cc(OC)c(OC)cc3[C@@H]2c2cc(OC)c(OC)c(OC)c2)cc(=O)c1O)c1cc2cc(OC)ccc2[nH]c1=O. The topological polar surface area (TPSA) is 168 Å². The van der Waals surface area contributed by atoms with Crippen molar-refractivity contribution in [3.05, 3.63) is 109 Å². The van der Waals surface area contributed by atoms with Gasteiger partial charge >= 0.3 is 5.97 Å². The number of fused-ring (bicyclic) bond motifs is 2. The van der Waals surface area contributed by atoms with Gasteiger partial charge in [-0.15, -0.1) is 0 Å². The Morgan fingerprint density at radius 2 is 1.54 bits per heavy atom. The summed E-state index contributed by atoms with van der Waals surface area (Å²) in [7, 11) is 10.5.